The Bertz CT molecular complexity index is 260. The monoisotopic (exact) mass is 197 g/mol. The summed E-state index contributed by atoms with van der Waals surface area (Å²) in [5, 5.41) is 7.54. The van der Waals surface area contributed by atoms with E-state index in [0.717, 1.165) is 19.6 Å². The molecule has 0 saturated carbocycles. The van der Waals surface area contributed by atoms with E-state index in [4.69, 9.17) is 4.74 Å². The molecule has 0 aliphatic carbocycles. The lowest BCUT2D eigenvalue weighted by Crippen LogP contribution is -2.32. The first-order valence-corrected chi connectivity index (χ1v) is 4.97. The first-order chi connectivity index (χ1) is 6.77. The van der Waals surface area contributed by atoms with Crippen LogP contribution in [0.15, 0.2) is 12.3 Å². The average molecular weight is 197 g/mol. The fourth-order valence-corrected chi connectivity index (χ4v) is 1.35. The minimum atomic E-state index is 0.426. The number of aromatic nitrogens is 2. The molecule has 1 N–H and O–H groups in total. The largest absolute Gasteiger partial charge is 0.383 e. The maximum absolute atomic E-state index is 5.11. The number of ether oxygens (including phenoxy) is 1. The summed E-state index contributed by atoms with van der Waals surface area (Å²) in [6.07, 6.45) is 2.89. The van der Waals surface area contributed by atoms with Gasteiger partial charge in [-0.1, -0.05) is 6.92 Å². The van der Waals surface area contributed by atoms with Gasteiger partial charge in [-0.15, -0.1) is 0 Å². The van der Waals surface area contributed by atoms with E-state index < -0.39 is 0 Å². The highest BCUT2D eigenvalue weighted by Crippen LogP contribution is 1.98. The van der Waals surface area contributed by atoms with Crippen LogP contribution in [-0.2, 0) is 18.3 Å². The topological polar surface area (TPSA) is 39.1 Å². The molecule has 4 nitrogen and oxygen atoms in total. The van der Waals surface area contributed by atoms with Crippen LogP contribution in [0.25, 0.3) is 0 Å². The number of rotatable bonds is 6. The Kier molecular flexibility index (Phi) is 4.62. The third-order valence-electron chi connectivity index (χ3n) is 2.35. The van der Waals surface area contributed by atoms with E-state index in [-0.39, 0.29) is 0 Å². The lowest BCUT2D eigenvalue weighted by Gasteiger charge is -2.15. The van der Waals surface area contributed by atoms with E-state index in [1.807, 2.05) is 24.0 Å². The fourth-order valence-electron chi connectivity index (χ4n) is 1.35. The second-order valence-electron chi connectivity index (χ2n) is 3.39. The van der Waals surface area contributed by atoms with Crippen LogP contribution in [0.3, 0.4) is 0 Å². The number of aryl methyl sites for hydroxylation is 1. The van der Waals surface area contributed by atoms with Crippen molar-refractivity contribution in [1.82, 2.24) is 15.1 Å². The van der Waals surface area contributed by atoms with E-state index in [0.29, 0.717) is 6.04 Å². The van der Waals surface area contributed by atoms with Gasteiger partial charge in [0.15, 0.2) is 0 Å². The quantitative estimate of drug-likeness (QED) is 0.737. The number of hydrogen-bond acceptors (Lipinski definition) is 3. The maximum Gasteiger partial charge on any atom is 0.0615 e. The van der Waals surface area contributed by atoms with Gasteiger partial charge in [0.25, 0.3) is 0 Å². The maximum atomic E-state index is 5.11. The number of nitrogens with one attached hydrogen (secondary N) is 1. The first-order valence-electron chi connectivity index (χ1n) is 4.97. The van der Waals surface area contributed by atoms with Crippen molar-refractivity contribution in [2.45, 2.75) is 25.9 Å². The molecule has 4 heteroatoms. The van der Waals surface area contributed by atoms with E-state index in [1.165, 1.54) is 5.69 Å². The Morgan fingerprint density at radius 3 is 2.93 bits per heavy atom. The molecule has 0 unspecified atom stereocenters. The molecule has 0 radical (unpaired) electrons. The summed E-state index contributed by atoms with van der Waals surface area (Å²) in [4.78, 5) is 0. The van der Waals surface area contributed by atoms with E-state index in [2.05, 4.69) is 17.3 Å². The Labute approximate surface area is 85.3 Å². The molecule has 1 heterocycles. The Hall–Kier alpha value is -0.870. The Morgan fingerprint density at radius 2 is 2.43 bits per heavy atom. The van der Waals surface area contributed by atoms with Gasteiger partial charge < -0.3 is 10.1 Å². The molecule has 14 heavy (non-hydrogen) atoms. The Balaban J connectivity index is 2.35. The molecule has 80 valence electrons. The molecule has 0 aliphatic heterocycles. The van der Waals surface area contributed by atoms with Crippen molar-refractivity contribution in [3.8, 4) is 0 Å². The third kappa shape index (κ3) is 3.12. The van der Waals surface area contributed by atoms with Gasteiger partial charge in [0.2, 0.25) is 0 Å². The van der Waals surface area contributed by atoms with E-state index >= 15 is 0 Å². The highest BCUT2D eigenvalue weighted by Gasteiger charge is 2.05. The third-order valence-corrected chi connectivity index (χ3v) is 2.35. The van der Waals surface area contributed by atoms with Gasteiger partial charge in [-0.05, 0) is 12.5 Å². The van der Waals surface area contributed by atoms with Crippen LogP contribution in [-0.4, -0.2) is 29.5 Å². The van der Waals surface area contributed by atoms with Crippen LogP contribution in [0.4, 0.5) is 0 Å². The smallest absolute Gasteiger partial charge is 0.0615 e. The molecule has 0 saturated heterocycles. The normalized spacial score (nSPS) is 13.1. The molecule has 0 aliphatic rings. The molecule has 0 fully saturated rings. The van der Waals surface area contributed by atoms with Crippen LogP contribution < -0.4 is 5.32 Å². The summed E-state index contributed by atoms with van der Waals surface area (Å²) in [6, 6.07) is 2.45. The molecule has 1 aromatic heterocycles. The molecular formula is C10H19N3O. The van der Waals surface area contributed by atoms with Crippen LogP contribution in [0.5, 0.6) is 0 Å². The fraction of sp³-hybridized carbons (Fsp3) is 0.700. The standard InChI is InChI=1S/C10H19N3O/c1-4-9(8-14-3)11-7-10-5-6-12-13(10)2/h5-6,9,11H,4,7-8H2,1-3H3/t9-/m1/s1. The summed E-state index contributed by atoms with van der Waals surface area (Å²) in [6.45, 7) is 3.76. The van der Waals surface area contributed by atoms with Crippen molar-refractivity contribution in [3.05, 3.63) is 18.0 Å². The van der Waals surface area contributed by atoms with Crippen LogP contribution >= 0.6 is 0 Å². The second kappa shape index (κ2) is 5.78. The highest BCUT2D eigenvalue weighted by atomic mass is 16.5. The van der Waals surface area contributed by atoms with Crippen molar-refractivity contribution in [1.29, 1.82) is 0 Å². The van der Waals surface area contributed by atoms with Gasteiger partial charge in [-0.3, -0.25) is 4.68 Å². The zero-order valence-electron chi connectivity index (χ0n) is 9.16. The van der Waals surface area contributed by atoms with E-state index in [1.54, 1.807) is 7.11 Å². The van der Waals surface area contributed by atoms with Crippen LogP contribution in [0, 0.1) is 0 Å². The van der Waals surface area contributed by atoms with Gasteiger partial charge in [0.05, 0.1) is 12.3 Å². The molecule has 1 aromatic rings. The molecular weight excluding hydrogens is 178 g/mol. The number of nitrogens with zero attached hydrogens (tertiary/aromatic N) is 2. The predicted molar refractivity (Wildman–Crippen MR) is 56.0 cm³/mol. The predicted octanol–water partition coefficient (Wildman–Crippen LogP) is 0.935. The molecule has 1 atom stereocenters. The number of hydrogen-bond donors (Lipinski definition) is 1. The Morgan fingerprint density at radius 1 is 1.64 bits per heavy atom. The van der Waals surface area contributed by atoms with E-state index in [9.17, 15) is 0 Å². The second-order valence-corrected chi connectivity index (χ2v) is 3.39. The van der Waals surface area contributed by atoms with Gasteiger partial charge >= 0.3 is 0 Å². The summed E-state index contributed by atoms with van der Waals surface area (Å²) in [5.74, 6) is 0. The van der Waals surface area contributed by atoms with Crippen molar-refractivity contribution in [3.63, 3.8) is 0 Å². The summed E-state index contributed by atoms with van der Waals surface area (Å²) in [5.41, 5.74) is 1.19. The van der Waals surface area contributed by atoms with Gasteiger partial charge in [-0.25, -0.2) is 0 Å². The van der Waals surface area contributed by atoms with Crippen molar-refractivity contribution in [2.75, 3.05) is 13.7 Å². The van der Waals surface area contributed by atoms with Gasteiger partial charge in [0.1, 0.15) is 0 Å². The van der Waals surface area contributed by atoms with Crippen molar-refractivity contribution in [2.24, 2.45) is 7.05 Å². The lowest BCUT2D eigenvalue weighted by molar-refractivity contribution is 0.163. The molecule has 0 amide bonds. The minimum absolute atomic E-state index is 0.426. The SMILES string of the molecule is CC[C@H](COC)NCc1ccnn1C. The van der Waals surface area contributed by atoms with Crippen LogP contribution in [0.1, 0.15) is 19.0 Å². The lowest BCUT2D eigenvalue weighted by atomic mass is 10.2. The summed E-state index contributed by atoms with van der Waals surface area (Å²) >= 11 is 0. The average Bonchev–Trinajstić information content (AvgIpc) is 2.59. The van der Waals surface area contributed by atoms with Gasteiger partial charge in [0, 0.05) is 32.9 Å². The summed E-state index contributed by atoms with van der Waals surface area (Å²) < 4.78 is 6.99. The zero-order valence-corrected chi connectivity index (χ0v) is 9.16. The molecule has 0 bridgehead atoms. The molecule has 0 spiro atoms. The highest BCUT2D eigenvalue weighted by molar-refractivity contribution is 4.99. The molecule has 1 rings (SSSR count). The van der Waals surface area contributed by atoms with Crippen molar-refractivity contribution >= 4 is 0 Å². The first kappa shape index (κ1) is 11.2. The van der Waals surface area contributed by atoms with Crippen molar-refractivity contribution < 1.29 is 4.74 Å². The minimum Gasteiger partial charge on any atom is -0.383 e. The van der Waals surface area contributed by atoms with Gasteiger partial charge in [-0.2, -0.15) is 5.10 Å². The van der Waals surface area contributed by atoms with Crippen LogP contribution in [0.2, 0.25) is 0 Å². The number of methoxy groups -OCH3 is 1. The molecule has 0 aromatic carbocycles. The summed E-state index contributed by atoms with van der Waals surface area (Å²) in [7, 11) is 3.68. The zero-order chi connectivity index (χ0) is 10.4.